The van der Waals surface area contributed by atoms with Gasteiger partial charge in [0.15, 0.2) is 0 Å². The first kappa shape index (κ1) is 14.9. The summed E-state index contributed by atoms with van der Waals surface area (Å²) in [6, 6.07) is 3.90. The topological polar surface area (TPSA) is 55.1 Å². The first-order valence-electron chi connectivity index (χ1n) is 7.49. The van der Waals surface area contributed by atoms with Crippen LogP contribution < -0.4 is 11.1 Å². The second kappa shape index (κ2) is 5.47. The highest BCUT2D eigenvalue weighted by molar-refractivity contribution is 5.94. The van der Waals surface area contributed by atoms with Crippen molar-refractivity contribution in [3.05, 3.63) is 23.3 Å². The lowest BCUT2D eigenvalue weighted by molar-refractivity contribution is -0.124. The molecule has 0 radical (unpaired) electrons. The Morgan fingerprint density at radius 1 is 1.25 bits per heavy atom. The van der Waals surface area contributed by atoms with Gasteiger partial charge < -0.3 is 11.1 Å². The normalized spacial score (nSPS) is 21.5. The van der Waals surface area contributed by atoms with Crippen molar-refractivity contribution in [1.82, 2.24) is 0 Å². The van der Waals surface area contributed by atoms with Gasteiger partial charge in [0.1, 0.15) is 0 Å². The van der Waals surface area contributed by atoms with Crippen LogP contribution in [-0.2, 0) is 4.79 Å². The summed E-state index contributed by atoms with van der Waals surface area (Å²) in [5, 5.41) is 3.11. The number of nitrogens with one attached hydrogen (secondary N) is 1. The summed E-state index contributed by atoms with van der Waals surface area (Å²) in [6.07, 6.45) is 4.51. The number of carbonyl (C=O) groups is 1. The maximum absolute atomic E-state index is 12.6. The molecular weight excluding hydrogens is 248 g/mol. The van der Waals surface area contributed by atoms with E-state index in [-0.39, 0.29) is 17.2 Å². The molecule has 20 heavy (non-hydrogen) atoms. The minimum Gasteiger partial charge on any atom is -0.399 e. The maximum Gasteiger partial charge on any atom is 0.228 e. The van der Waals surface area contributed by atoms with Gasteiger partial charge in [-0.1, -0.05) is 26.7 Å². The van der Waals surface area contributed by atoms with E-state index in [0.717, 1.165) is 41.8 Å². The number of aryl methyl sites for hydroxylation is 2. The third-order valence-corrected chi connectivity index (χ3v) is 4.69. The van der Waals surface area contributed by atoms with Crippen LogP contribution in [0.1, 0.15) is 50.7 Å². The van der Waals surface area contributed by atoms with Gasteiger partial charge in [0.05, 0.1) is 0 Å². The summed E-state index contributed by atoms with van der Waals surface area (Å²) >= 11 is 0. The number of hydrogen-bond donors (Lipinski definition) is 2. The minimum absolute atomic E-state index is 0.0963. The van der Waals surface area contributed by atoms with E-state index in [9.17, 15) is 4.79 Å². The number of rotatable bonds is 2. The van der Waals surface area contributed by atoms with E-state index in [1.54, 1.807) is 0 Å². The summed E-state index contributed by atoms with van der Waals surface area (Å²) in [7, 11) is 0. The first-order valence-corrected chi connectivity index (χ1v) is 7.49. The van der Waals surface area contributed by atoms with Crippen molar-refractivity contribution in [3.63, 3.8) is 0 Å². The Hall–Kier alpha value is -1.51. The predicted octanol–water partition coefficient (Wildman–Crippen LogP) is 4.04. The van der Waals surface area contributed by atoms with Crippen molar-refractivity contribution in [2.75, 3.05) is 11.1 Å². The molecule has 1 saturated carbocycles. The van der Waals surface area contributed by atoms with Crippen molar-refractivity contribution in [2.24, 2.45) is 11.3 Å². The van der Waals surface area contributed by atoms with Gasteiger partial charge >= 0.3 is 0 Å². The molecule has 0 spiro atoms. The van der Waals surface area contributed by atoms with Crippen LogP contribution in [0.15, 0.2) is 12.1 Å². The van der Waals surface area contributed by atoms with Gasteiger partial charge in [-0.25, -0.2) is 0 Å². The number of amides is 1. The fourth-order valence-corrected chi connectivity index (χ4v) is 3.17. The molecule has 110 valence electrons. The molecule has 0 saturated heterocycles. The summed E-state index contributed by atoms with van der Waals surface area (Å²) in [5.74, 6) is 0.260. The molecular formula is C17H26N2O. The third kappa shape index (κ3) is 2.97. The molecule has 2 rings (SSSR count). The fraction of sp³-hybridized carbons (Fsp3) is 0.588. The van der Waals surface area contributed by atoms with E-state index in [1.807, 2.05) is 26.0 Å². The number of hydrogen-bond acceptors (Lipinski definition) is 2. The molecule has 1 aliphatic carbocycles. The minimum atomic E-state index is 0.0963. The second-order valence-corrected chi connectivity index (χ2v) is 6.80. The lowest BCUT2D eigenvalue weighted by Crippen LogP contribution is -2.37. The Kier molecular flexibility index (Phi) is 4.07. The summed E-state index contributed by atoms with van der Waals surface area (Å²) in [5.41, 5.74) is 9.69. The molecule has 0 bridgehead atoms. The monoisotopic (exact) mass is 274 g/mol. The van der Waals surface area contributed by atoms with Crippen molar-refractivity contribution in [3.8, 4) is 0 Å². The van der Waals surface area contributed by atoms with Gasteiger partial charge in [-0.2, -0.15) is 0 Å². The number of nitrogens with two attached hydrogens (primary N) is 1. The molecule has 1 atom stereocenters. The van der Waals surface area contributed by atoms with Crippen molar-refractivity contribution < 1.29 is 4.79 Å². The fourth-order valence-electron chi connectivity index (χ4n) is 3.17. The van der Waals surface area contributed by atoms with Gasteiger partial charge in [0.25, 0.3) is 0 Å². The molecule has 1 amide bonds. The summed E-state index contributed by atoms with van der Waals surface area (Å²) in [6.45, 7) is 8.36. The van der Waals surface area contributed by atoms with E-state index in [0.29, 0.717) is 0 Å². The van der Waals surface area contributed by atoms with Crippen LogP contribution in [0.2, 0.25) is 0 Å². The number of nitrogen functional groups attached to an aromatic ring is 1. The summed E-state index contributed by atoms with van der Waals surface area (Å²) < 4.78 is 0. The maximum atomic E-state index is 12.6. The Labute approximate surface area is 121 Å². The van der Waals surface area contributed by atoms with Gasteiger partial charge in [0.2, 0.25) is 5.91 Å². The lowest BCUT2D eigenvalue weighted by atomic mass is 9.68. The molecule has 1 aromatic carbocycles. The highest BCUT2D eigenvalue weighted by Crippen LogP contribution is 2.41. The molecule has 3 nitrogen and oxygen atoms in total. The van der Waals surface area contributed by atoms with Crippen LogP contribution in [0.3, 0.4) is 0 Å². The van der Waals surface area contributed by atoms with E-state index in [2.05, 4.69) is 19.2 Å². The van der Waals surface area contributed by atoms with Crippen LogP contribution in [0, 0.1) is 25.2 Å². The van der Waals surface area contributed by atoms with E-state index < -0.39 is 0 Å². The zero-order valence-corrected chi connectivity index (χ0v) is 13.0. The van der Waals surface area contributed by atoms with Crippen LogP contribution in [0.4, 0.5) is 11.4 Å². The van der Waals surface area contributed by atoms with Gasteiger partial charge in [-0.05, 0) is 55.4 Å². The average Bonchev–Trinajstić information content (AvgIpc) is 2.35. The van der Waals surface area contributed by atoms with Crippen LogP contribution in [-0.4, -0.2) is 5.91 Å². The van der Waals surface area contributed by atoms with Gasteiger partial charge in [-0.15, -0.1) is 0 Å². The standard InChI is InChI=1S/C17H26N2O/c1-11-10-15(12(2)9-14(11)18)19-16(20)13-7-5-6-8-17(13,3)4/h9-10,13H,5-8,18H2,1-4H3,(H,19,20). The zero-order chi connectivity index (χ0) is 14.9. The molecule has 3 N–H and O–H groups in total. The molecule has 3 heteroatoms. The van der Waals surface area contributed by atoms with Gasteiger partial charge in [-0.3, -0.25) is 4.79 Å². The predicted molar refractivity (Wildman–Crippen MR) is 84.7 cm³/mol. The van der Waals surface area contributed by atoms with E-state index in [1.165, 1.54) is 6.42 Å². The number of carbonyl (C=O) groups excluding carboxylic acids is 1. The Morgan fingerprint density at radius 3 is 2.60 bits per heavy atom. The number of benzene rings is 1. The zero-order valence-electron chi connectivity index (χ0n) is 13.0. The van der Waals surface area contributed by atoms with E-state index in [4.69, 9.17) is 5.73 Å². The molecule has 1 unspecified atom stereocenters. The SMILES string of the molecule is Cc1cc(NC(=O)C2CCCCC2(C)C)c(C)cc1N. The largest absolute Gasteiger partial charge is 0.399 e. The Morgan fingerprint density at radius 2 is 1.95 bits per heavy atom. The quantitative estimate of drug-likeness (QED) is 0.800. The smallest absolute Gasteiger partial charge is 0.228 e. The summed E-state index contributed by atoms with van der Waals surface area (Å²) in [4.78, 5) is 12.6. The highest BCUT2D eigenvalue weighted by atomic mass is 16.1. The molecule has 1 aromatic rings. The van der Waals surface area contributed by atoms with Crippen LogP contribution in [0.5, 0.6) is 0 Å². The van der Waals surface area contributed by atoms with Crippen molar-refractivity contribution in [2.45, 2.75) is 53.4 Å². The second-order valence-electron chi connectivity index (χ2n) is 6.80. The molecule has 0 aliphatic heterocycles. The third-order valence-electron chi connectivity index (χ3n) is 4.69. The van der Waals surface area contributed by atoms with Crippen molar-refractivity contribution >= 4 is 17.3 Å². The van der Waals surface area contributed by atoms with Gasteiger partial charge in [0, 0.05) is 17.3 Å². The molecule has 0 heterocycles. The van der Waals surface area contributed by atoms with Crippen molar-refractivity contribution in [1.29, 1.82) is 0 Å². The van der Waals surface area contributed by atoms with Crippen LogP contribution >= 0.6 is 0 Å². The Balaban J connectivity index is 2.17. The molecule has 1 fully saturated rings. The average molecular weight is 274 g/mol. The molecule has 1 aliphatic rings. The van der Waals surface area contributed by atoms with E-state index >= 15 is 0 Å². The van der Waals surface area contributed by atoms with Crippen LogP contribution in [0.25, 0.3) is 0 Å². The first-order chi connectivity index (χ1) is 9.31. The number of anilines is 2. The Bertz CT molecular complexity index is 520. The highest BCUT2D eigenvalue weighted by Gasteiger charge is 2.37. The lowest BCUT2D eigenvalue weighted by Gasteiger charge is -2.37. The molecule has 0 aromatic heterocycles.